The first-order chi connectivity index (χ1) is 7.06. The smallest absolute Gasteiger partial charge is 0.0665 e. The second kappa shape index (κ2) is 5.48. The molecule has 0 atom stereocenters. The molecule has 0 aliphatic carbocycles. The molecule has 6 N–H and O–H groups in total. The van der Waals surface area contributed by atoms with Gasteiger partial charge in [0.15, 0.2) is 0 Å². The van der Waals surface area contributed by atoms with Gasteiger partial charge in [-0.25, -0.2) is 0 Å². The van der Waals surface area contributed by atoms with Gasteiger partial charge < -0.3 is 17.2 Å². The maximum Gasteiger partial charge on any atom is 0.0665 e. The minimum Gasteiger partial charge on any atom is -0.330 e. The van der Waals surface area contributed by atoms with E-state index < -0.39 is 5.66 Å². The van der Waals surface area contributed by atoms with Crippen LogP contribution in [0.25, 0.3) is 0 Å². The first-order valence-corrected chi connectivity index (χ1v) is 6.34. The summed E-state index contributed by atoms with van der Waals surface area (Å²) in [5.41, 5.74) is 17.1. The van der Waals surface area contributed by atoms with Crippen molar-refractivity contribution in [1.82, 2.24) is 0 Å². The average Bonchev–Trinajstić information content (AvgIpc) is 2.10. The van der Waals surface area contributed by atoms with Gasteiger partial charge in [0, 0.05) is 5.41 Å². The number of nitrogens with two attached hydrogens (primary N) is 3. The molecule has 98 valence electrons. The Kier molecular flexibility index (Phi) is 5.44. The van der Waals surface area contributed by atoms with Crippen LogP contribution in [0.1, 0.15) is 60.3 Å². The largest absolute Gasteiger partial charge is 0.330 e. The summed E-state index contributed by atoms with van der Waals surface area (Å²) in [5, 5.41) is 0. The Balaban J connectivity index is 4.41. The highest BCUT2D eigenvalue weighted by molar-refractivity contribution is 4.98. The van der Waals surface area contributed by atoms with Crippen molar-refractivity contribution in [1.29, 1.82) is 0 Å². The normalized spacial score (nSPS) is 14.2. The monoisotopic (exact) mass is 229 g/mol. The van der Waals surface area contributed by atoms with E-state index in [4.69, 9.17) is 17.2 Å². The second-order valence-corrected chi connectivity index (χ2v) is 6.39. The summed E-state index contributed by atoms with van der Waals surface area (Å²) in [5.74, 6) is 0. The lowest BCUT2D eigenvalue weighted by atomic mass is 9.60. The number of rotatable bonds is 7. The molecule has 0 spiro atoms. The van der Waals surface area contributed by atoms with Crippen LogP contribution in [0.2, 0.25) is 0 Å². The molecule has 0 aromatic carbocycles. The molecular weight excluding hydrogens is 198 g/mol. The van der Waals surface area contributed by atoms with Crippen LogP contribution >= 0.6 is 0 Å². The fourth-order valence-corrected chi connectivity index (χ4v) is 1.93. The highest BCUT2D eigenvalue weighted by atomic mass is 15.0. The number of hydrogen-bond donors (Lipinski definition) is 3. The quantitative estimate of drug-likeness (QED) is 0.462. The van der Waals surface area contributed by atoms with Gasteiger partial charge in [0.2, 0.25) is 0 Å². The van der Waals surface area contributed by atoms with E-state index in [2.05, 4.69) is 27.7 Å². The van der Waals surface area contributed by atoms with Gasteiger partial charge in [-0.3, -0.25) is 0 Å². The maximum atomic E-state index is 6.09. The van der Waals surface area contributed by atoms with E-state index in [-0.39, 0.29) is 10.8 Å². The minimum absolute atomic E-state index is 0.0945. The average molecular weight is 229 g/mol. The van der Waals surface area contributed by atoms with Crippen LogP contribution in [0.5, 0.6) is 0 Å². The fraction of sp³-hybridized carbons (Fsp3) is 1.00. The van der Waals surface area contributed by atoms with E-state index >= 15 is 0 Å². The third kappa shape index (κ3) is 3.72. The molecule has 0 saturated heterocycles. The van der Waals surface area contributed by atoms with Gasteiger partial charge in [0.05, 0.1) is 5.66 Å². The van der Waals surface area contributed by atoms with Crippen molar-refractivity contribution >= 4 is 0 Å². The van der Waals surface area contributed by atoms with Crippen LogP contribution in [0.3, 0.4) is 0 Å². The van der Waals surface area contributed by atoms with Crippen molar-refractivity contribution in [2.75, 3.05) is 6.54 Å². The SMILES string of the molecule is CC(N)(N)C(C)(C)C(C)(C)CCCCCN. The highest BCUT2D eigenvalue weighted by Gasteiger charge is 2.45. The molecule has 0 bridgehead atoms. The molecule has 0 unspecified atom stereocenters. The third-order valence-corrected chi connectivity index (χ3v) is 4.54. The molecule has 0 aromatic heterocycles. The molecule has 0 saturated carbocycles. The molecule has 0 rings (SSSR count). The third-order valence-electron chi connectivity index (χ3n) is 4.54. The highest BCUT2D eigenvalue weighted by Crippen LogP contribution is 2.46. The Morgan fingerprint density at radius 3 is 1.69 bits per heavy atom. The number of unbranched alkanes of at least 4 members (excludes halogenated alkanes) is 2. The van der Waals surface area contributed by atoms with Gasteiger partial charge in [0.1, 0.15) is 0 Å². The molecule has 16 heavy (non-hydrogen) atoms. The molecule has 0 heterocycles. The summed E-state index contributed by atoms with van der Waals surface area (Å²) in [6, 6.07) is 0. The van der Waals surface area contributed by atoms with Crippen molar-refractivity contribution in [2.45, 2.75) is 66.0 Å². The van der Waals surface area contributed by atoms with Crippen molar-refractivity contribution in [3.63, 3.8) is 0 Å². The van der Waals surface area contributed by atoms with E-state index in [9.17, 15) is 0 Å². The van der Waals surface area contributed by atoms with Crippen LogP contribution in [0.15, 0.2) is 0 Å². The van der Waals surface area contributed by atoms with Gasteiger partial charge in [-0.05, 0) is 31.7 Å². The Hall–Kier alpha value is -0.120. The van der Waals surface area contributed by atoms with Crippen LogP contribution in [0, 0.1) is 10.8 Å². The molecule has 0 aliphatic rings. The van der Waals surface area contributed by atoms with Crippen molar-refractivity contribution in [3.05, 3.63) is 0 Å². The van der Waals surface area contributed by atoms with Gasteiger partial charge in [0.25, 0.3) is 0 Å². The second-order valence-electron chi connectivity index (χ2n) is 6.39. The van der Waals surface area contributed by atoms with E-state index in [1.807, 2.05) is 6.92 Å². The van der Waals surface area contributed by atoms with Gasteiger partial charge in [-0.1, -0.05) is 40.5 Å². The Bertz CT molecular complexity index is 202. The van der Waals surface area contributed by atoms with E-state index in [0.717, 1.165) is 19.4 Å². The first-order valence-electron chi connectivity index (χ1n) is 6.34. The lowest BCUT2D eigenvalue weighted by Crippen LogP contribution is -2.62. The zero-order valence-corrected chi connectivity index (χ0v) is 11.8. The summed E-state index contributed by atoms with van der Waals surface area (Å²) in [4.78, 5) is 0. The zero-order chi connectivity index (χ0) is 13.0. The summed E-state index contributed by atoms with van der Waals surface area (Å²) >= 11 is 0. The van der Waals surface area contributed by atoms with Gasteiger partial charge in [-0.15, -0.1) is 0 Å². The molecule has 0 aliphatic heterocycles. The lowest BCUT2D eigenvalue weighted by Gasteiger charge is -2.50. The predicted molar refractivity (Wildman–Crippen MR) is 71.9 cm³/mol. The van der Waals surface area contributed by atoms with E-state index in [0.29, 0.717) is 0 Å². The molecule has 0 fully saturated rings. The Labute approximate surface area is 101 Å². The van der Waals surface area contributed by atoms with Gasteiger partial charge >= 0.3 is 0 Å². The zero-order valence-electron chi connectivity index (χ0n) is 11.8. The number of hydrogen-bond acceptors (Lipinski definition) is 3. The topological polar surface area (TPSA) is 78.1 Å². The van der Waals surface area contributed by atoms with E-state index in [1.165, 1.54) is 12.8 Å². The summed E-state index contributed by atoms with van der Waals surface area (Å²) in [6.45, 7) is 11.5. The van der Waals surface area contributed by atoms with Crippen LogP contribution < -0.4 is 17.2 Å². The summed E-state index contributed by atoms with van der Waals surface area (Å²) in [7, 11) is 0. The van der Waals surface area contributed by atoms with Gasteiger partial charge in [-0.2, -0.15) is 0 Å². The molecular formula is C13H31N3. The molecule has 3 heteroatoms. The molecule has 0 aromatic rings. The molecule has 3 nitrogen and oxygen atoms in total. The van der Waals surface area contributed by atoms with Crippen LogP contribution in [-0.4, -0.2) is 12.2 Å². The van der Waals surface area contributed by atoms with E-state index in [1.54, 1.807) is 0 Å². The summed E-state index contributed by atoms with van der Waals surface area (Å²) in [6.07, 6.45) is 4.65. The maximum absolute atomic E-state index is 6.09. The molecule has 0 amide bonds. The Morgan fingerprint density at radius 1 is 0.812 bits per heavy atom. The lowest BCUT2D eigenvalue weighted by molar-refractivity contribution is 0.0198. The summed E-state index contributed by atoms with van der Waals surface area (Å²) < 4.78 is 0. The minimum atomic E-state index is -0.648. The Morgan fingerprint density at radius 2 is 1.31 bits per heavy atom. The molecule has 0 radical (unpaired) electrons. The van der Waals surface area contributed by atoms with Crippen LogP contribution in [-0.2, 0) is 0 Å². The predicted octanol–water partition coefficient (Wildman–Crippen LogP) is 2.19. The standard InChI is InChI=1S/C13H31N3/c1-11(2,9-7-6-8-10-14)12(3,4)13(5,15)16/h6-10,14-16H2,1-5H3. The first kappa shape index (κ1) is 15.9. The fourth-order valence-electron chi connectivity index (χ4n) is 1.93. The van der Waals surface area contributed by atoms with Crippen molar-refractivity contribution in [3.8, 4) is 0 Å². The van der Waals surface area contributed by atoms with Crippen molar-refractivity contribution in [2.24, 2.45) is 28.0 Å². The van der Waals surface area contributed by atoms with Crippen LogP contribution in [0.4, 0.5) is 0 Å². The van der Waals surface area contributed by atoms with Crippen molar-refractivity contribution < 1.29 is 0 Å².